The Morgan fingerprint density at radius 1 is 1.06 bits per heavy atom. The number of carbonyl (C=O) groups is 1. The fourth-order valence-electron chi connectivity index (χ4n) is 4.07. The molecule has 168 valence electrons. The van der Waals surface area contributed by atoms with Crippen molar-refractivity contribution in [1.29, 1.82) is 0 Å². The predicted octanol–water partition coefficient (Wildman–Crippen LogP) is 3.09. The monoisotopic (exact) mass is 433 g/mol. The predicted molar refractivity (Wildman–Crippen MR) is 125 cm³/mol. The Morgan fingerprint density at radius 2 is 1.78 bits per heavy atom. The molecule has 7 heteroatoms. The number of methoxy groups -OCH3 is 1. The highest BCUT2D eigenvalue weighted by atomic mass is 16.5. The minimum atomic E-state index is -0.329. The molecule has 0 spiro atoms. The highest BCUT2D eigenvalue weighted by molar-refractivity contribution is 5.75. The molecule has 2 heterocycles. The van der Waals surface area contributed by atoms with Crippen LogP contribution < -0.4 is 10.1 Å². The molecule has 1 N–H and O–H groups in total. The zero-order valence-electron chi connectivity index (χ0n) is 18.8. The van der Waals surface area contributed by atoms with Gasteiger partial charge < -0.3 is 19.5 Å². The molecule has 1 aliphatic heterocycles. The SMILES string of the molecule is COc1ccc(C(NC(=O)N2CCN(CCc3ccccc3)CC2)c2nccn2C)cc1. The summed E-state index contributed by atoms with van der Waals surface area (Å²) in [7, 11) is 3.59. The number of aryl methyl sites for hydroxylation is 1. The van der Waals surface area contributed by atoms with Crippen molar-refractivity contribution in [2.45, 2.75) is 12.5 Å². The molecule has 1 atom stereocenters. The standard InChI is InChI=1S/C25H31N5O2/c1-28-15-13-26-24(28)23(21-8-10-22(32-2)11-9-21)27-25(31)30-18-16-29(17-19-30)14-12-20-6-4-3-5-7-20/h3-11,13,15,23H,12,14,16-19H2,1-2H3,(H,27,31). The highest BCUT2D eigenvalue weighted by Crippen LogP contribution is 2.23. The number of nitrogens with zero attached hydrogens (tertiary/aromatic N) is 4. The van der Waals surface area contributed by atoms with Crippen LogP contribution in [0.5, 0.6) is 5.75 Å². The maximum atomic E-state index is 13.1. The summed E-state index contributed by atoms with van der Waals surface area (Å²) in [6, 6.07) is 17.9. The van der Waals surface area contributed by atoms with Crippen molar-refractivity contribution >= 4 is 6.03 Å². The molecule has 32 heavy (non-hydrogen) atoms. The number of urea groups is 1. The number of carbonyl (C=O) groups excluding carboxylic acids is 1. The van der Waals surface area contributed by atoms with Crippen molar-refractivity contribution < 1.29 is 9.53 Å². The van der Waals surface area contributed by atoms with Gasteiger partial charge in [0.25, 0.3) is 0 Å². The molecule has 2 aromatic carbocycles. The molecule has 4 rings (SSSR count). The van der Waals surface area contributed by atoms with Gasteiger partial charge in [-0.1, -0.05) is 42.5 Å². The van der Waals surface area contributed by atoms with Crippen LogP contribution in [0.25, 0.3) is 0 Å². The van der Waals surface area contributed by atoms with E-state index in [-0.39, 0.29) is 12.1 Å². The van der Waals surface area contributed by atoms with Crippen LogP contribution in [0.4, 0.5) is 4.79 Å². The van der Waals surface area contributed by atoms with Gasteiger partial charge in [-0.05, 0) is 29.7 Å². The Hall–Kier alpha value is -3.32. The van der Waals surface area contributed by atoms with Crippen molar-refractivity contribution in [3.8, 4) is 5.75 Å². The minimum absolute atomic E-state index is 0.0588. The lowest BCUT2D eigenvalue weighted by Gasteiger charge is -2.35. The zero-order valence-corrected chi connectivity index (χ0v) is 18.8. The van der Waals surface area contributed by atoms with E-state index in [1.54, 1.807) is 13.3 Å². The van der Waals surface area contributed by atoms with Crippen LogP contribution >= 0.6 is 0 Å². The average Bonchev–Trinajstić information content (AvgIpc) is 3.27. The summed E-state index contributed by atoms with van der Waals surface area (Å²) in [4.78, 5) is 21.9. The largest absolute Gasteiger partial charge is 0.497 e. The summed E-state index contributed by atoms with van der Waals surface area (Å²) in [5, 5.41) is 3.20. The van der Waals surface area contributed by atoms with Gasteiger partial charge in [-0.2, -0.15) is 0 Å². The second kappa shape index (κ2) is 10.3. The molecule has 2 amide bonds. The fraction of sp³-hybridized carbons (Fsp3) is 0.360. The lowest BCUT2D eigenvalue weighted by Crippen LogP contribution is -2.52. The maximum Gasteiger partial charge on any atom is 0.318 e. The lowest BCUT2D eigenvalue weighted by molar-refractivity contribution is 0.138. The Balaban J connectivity index is 1.36. The number of imidazole rings is 1. The molecule has 1 fully saturated rings. The number of aromatic nitrogens is 2. The molecule has 3 aromatic rings. The second-order valence-electron chi connectivity index (χ2n) is 8.12. The quantitative estimate of drug-likeness (QED) is 0.622. The number of amides is 2. The molecule has 1 unspecified atom stereocenters. The van der Waals surface area contributed by atoms with E-state index in [1.165, 1.54) is 5.56 Å². The first kappa shape index (κ1) is 21.9. The average molecular weight is 434 g/mol. The van der Waals surface area contributed by atoms with E-state index in [2.05, 4.69) is 39.5 Å². The Bertz CT molecular complexity index is 995. The van der Waals surface area contributed by atoms with E-state index in [1.807, 2.05) is 53.0 Å². The van der Waals surface area contributed by atoms with E-state index in [4.69, 9.17) is 4.74 Å². The first-order valence-electron chi connectivity index (χ1n) is 11.1. The Morgan fingerprint density at radius 3 is 2.41 bits per heavy atom. The molecule has 1 aliphatic rings. The number of benzene rings is 2. The number of piperazine rings is 1. The number of hydrogen-bond donors (Lipinski definition) is 1. The number of rotatable bonds is 7. The second-order valence-corrected chi connectivity index (χ2v) is 8.12. The Labute approximate surface area is 189 Å². The van der Waals surface area contributed by atoms with Gasteiger partial charge in [0.2, 0.25) is 0 Å². The van der Waals surface area contributed by atoms with Crippen molar-refractivity contribution in [3.05, 3.63) is 83.9 Å². The molecule has 7 nitrogen and oxygen atoms in total. The zero-order chi connectivity index (χ0) is 22.3. The third kappa shape index (κ3) is 5.29. The summed E-state index contributed by atoms with van der Waals surface area (Å²) in [6.07, 6.45) is 4.68. The molecule has 1 aromatic heterocycles. The summed E-state index contributed by atoms with van der Waals surface area (Å²) in [6.45, 7) is 4.22. The minimum Gasteiger partial charge on any atom is -0.497 e. The highest BCUT2D eigenvalue weighted by Gasteiger charge is 2.26. The van der Waals surface area contributed by atoms with Gasteiger partial charge in [0, 0.05) is 52.2 Å². The third-order valence-corrected chi connectivity index (χ3v) is 6.05. The topological polar surface area (TPSA) is 62.6 Å². The molecule has 0 aliphatic carbocycles. The van der Waals surface area contributed by atoms with Gasteiger partial charge in [-0.15, -0.1) is 0 Å². The maximum absolute atomic E-state index is 13.1. The van der Waals surface area contributed by atoms with Crippen LogP contribution in [-0.2, 0) is 13.5 Å². The van der Waals surface area contributed by atoms with E-state index < -0.39 is 0 Å². The van der Waals surface area contributed by atoms with E-state index >= 15 is 0 Å². The normalized spacial score (nSPS) is 15.4. The number of ether oxygens (including phenoxy) is 1. The van der Waals surface area contributed by atoms with Crippen molar-refractivity contribution in [3.63, 3.8) is 0 Å². The van der Waals surface area contributed by atoms with E-state index in [0.717, 1.165) is 56.3 Å². The summed E-state index contributed by atoms with van der Waals surface area (Å²) in [5.41, 5.74) is 2.32. The first-order chi connectivity index (χ1) is 15.6. The molecule has 0 radical (unpaired) electrons. The summed E-state index contributed by atoms with van der Waals surface area (Å²) < 4.78 is 7.22. The van der Waals surface area contributed by atoms with Crippen LogP contribution in [0, 0.1) is 0 Å². The van der Waals surface area contributed by atoms with Gasteiger partial charge in [0.15, 0.2) is 0 Å². The van der Waals surface area contributed by atoms with Crippen LogP contribution in [-0.4, -0.2) is 65.2 Å². The molecule has 0 bridgehead atoms. The van der Waals surface area contributed by atoms with Gasteiger partial charge in [-0.3, -0.25) is 4.90 Å². The van der Waals surface area contributed by atoms with Crippen LogP contribution in [0.15, 0.2) is 67.0 Å². The number of nitrogens with one attached hydrogen (secondary N) is 1. The van der Waals surface area contributed by atoms with Gasteiger partial charge in [0.05, 0.1) is 7.11 Å². The van der Waals surface area contributed by atoms with Crippen molar-refractivity contribution in [1.82, 2.24) is 24.7 Å². The van der Waals surface area contributed by atoms with Gasteiger partial charge in [0.1, 0.15) is 17.6 Å². The van der Waals surface area contributed by atoms with Crippen LogP contribution in [0.2, 0.25) is 0 Å². The van der Waals surface area contributed by atoms with Gasteiger partial charge >= 0.3 is 6.03 Å². The molecular formula is C25H31N5O2. The van der Waals surface area contributed by atoms with Crippen molar-refractivity contribution in [2.24, 2.45) is 7.05 Å². The molecule has 1 saturated heterocycles. The lowest BCUT2D eigenvalue weighted by atomic mass is 10.1. The summed E-state index contributed by atoms with van der Waals surface area (Å²) >= 11 is 0. The first-order valence-corrected chi connectivity index (χ1v) is 11.1. The summed E-state index contributed by atoms with van der Waals surface area (Å²) in [5.74, 6) is 1.58. The third-order valence-electron chi connectivity index (χ3n) is 6.05. The van der Waals surface area contributed by atoms with Gasteiger partial charge in [-0.25, -0.2) is 9.78 Å². The smallest absolute Gasteiger partial charge is 0.318 e. The Kier molecular flexibility index (Phi) is 7.07. The fourth-order valence-corrected chi connectivity index (χ4v) is 4.07. The van der Waals surface area contributed by atoms with E-state index in [9.17, 15) is 4.79 Å². The van der Waals surface area contributed by atoms with Crippen molar-refractivity contribution in [2.75, 3.05) is 39.8 Å². The molecular weight excluding hydrogens is 402 g/mol. The molecule has 0 saturated carbocycles. The van der Waals surface area contributed by atoms with Crippen LogP contribution in [0.3, 0.4) is 0 Å². The van der Waals surface area contributed by atoms with E-state index in [0.29, 0.717) is 0 Å². The van der Waals surface area contributed by atoms with Crippen LogP contribution in [0.1, 0.15) is 23.0 Å². The number of hydrogen-bond acceptors (Lipinski definition) is 4.